The number of aryl methyl sites for hydroxylation is 2. The Morgan fingerprint density at radius 1 is 1.24 bits per heavy atom. The van der Waals surface area contributed by atoms with Crippen LogP contribution in [0.25, 0.3) is 0 Å². The summed E-state index contributed by atoms with van der Waals surface area (Å²) in [5.74, 6) is 1.49. The maximum atomic E-state index is 9.06. The number of benzene rings is 1. The van der Waals surface area contributed by atoms with Gasteiger partial charge in [-0.2, -0.15) is 0 Å². The molecular weight excluding hydrogens is 284 g/mol. The average Bonchev–Trinajstić information content (AvgIpc) is 2.45. The summed E-state index contributed by atoms with van der Waals surface area (Å²) in [6, 6.07) is 3.30. The summed E-state index contributed by atoms with van der Waals surface area (Å²) in [4.78, 5) is 0. The number of aliphatic hydroxyl groups excluding tert-OH is 1. The number of aromatic hydroxyl groups is 1. The van der Waals surface area contributed by atoms with Gasteiger partial charge in [-0.05, 0) is 75.1 Å². The average molecular weight is 311 g/mol. The molecule has 0 fully saturated rings. The fourth-order valence-corrected chi connectivity index (χ4v) is 2.68. The molecule has 1 aliphatic carbocycles. The Balaban J connectivity index is 0.000000211. The number of phenols is 1. The van der Waals surface area contributed by atoms with Gasteiger partial charge in [0.25, 0.3) is 0 Å². The van der Waals surface area contributed by atoms with Crippen LogP contribution in [0, 0.1) is 25.7 Å². The SMILES string of the molecule is CC1=CCC(C(C)CO)CC1.Cc1cc(O)cc(C)c1Cl. The predicted octanol–water partition coefficient (Wildman–Crippen LogP) is 5.02. The van der Waals surface area contributed by atoms with Crippen LogP contribution in [-0.2, 0) is 0 Å². The van der Waals surface area contributed by atoms with Crippen molar-refractivity contribution in [2.75, 3.05) is 6.61 Å². The monoisotopic (exact) mass is 310 g/mol. The van der Waals surface area contributed by atoms with Crippen molar-refractivity contribution in [3.05, 3.63) is 39.9 Å². The summed E-state index contributed by atoms with van der Waals surface area (Å²) in [5, 5.41) is 18.7. The minimum Gasteiger partial charge on any atom is -0.508 e. The molecule has 0 heterocycles. The lowest BCUT2D eigenvalue weighted by atomic mass is 9.82. The molecule has 1 aliphatic rings. The highest BCUT2D eigenvalue weighted by atomic mass is 35.5. The van der Waals surface area contributed by atoms with E-state index < -0.39 is 0 Å². The van der Waals surface area contributed by atoms with Gasteiger partial charge < -0.3 is 10.2 Å². The maximum Gasteiger partial charge on any atom is 0.116 e. The standard InChI is InChI=1S/C10H18O.C8H9ClO/c1-8-3-5-10(6-4-8)9(2)7-11;1-5-3-7(10)4-6(2)8(5)9/h3,9-11H,4-7H2,1-2H3;3-4,10H,1-2H3. The van der Waals surface area contributed by atoms with E-state index in [1.165, 1.54) is 24.8 Å². The van der Waals surface area contributed by atoms with Crippen LogP contribution in [-0.4, -0.2) is 16.8 Å². The highest BCUT2D eigenvalue weighted by molar-refractivity contribution is 6.32. The van der Waals surface area contributed by atoms with E-state index in [9.17, 15) is 0 Å². The second kappa shape index (κ2) is 8.45. The van der Waals surface area contributed by atoms with Gasteiger partial charge in [0, 0.05) is 11.6 Å². The van der Waals surface area contributed by atoms with Gasteiger partial charge in [0.2, 0.25) is 0 Å². The van der Waals surface area contributed by atoms with Gasteiger partial charge in [-0.15, -0.1) is 0 Å². The molecule has 2 nitrogen and oxygen atoms in total. The molecular formula is C18H27ClO2. The largest absolute Gasteiger partial charge is 0.508 e. The molecule has 0 saturated carbocycles. The lowest BCUT2D eigenvalue weighted by Crippen LogP contribution is -2.17. The fraction of sp³-hybridized carbons (Fsp3) is 0.556. The molecule has 0 spiro atoms. The van der Waals surface area contributed by atoms with E-state index in [0.29, 0.717) is 12.5 Å². The van der Waals surface area contributed by atoms with Gasteiger partial charge in [0.1, 0.15) is 5.75 Å². The third-order valence-corrected chi connectivity index (χ3v) is 4.79. The summed E-state index contributed by atoms with van der Waals surface area (Å²) >= 11 is 5.84. The first-order valence-electron chi connectivity index (χ1n) is 7.57. The maximum absolute atomic E-state index is 9.06. The van der Waals surface area contributed by atoms with Gasteiger partial charge in [0.15, 0.2) is 0 Å². The summed E-state index contributed by atoms with van der Waals surface area (Å²) in [6.07, 6.45) is 5.99. The molecule has 0 aromatic heterocycles. The van der Waals surface area contributed by atoms with Crippen molar-refractivity contribution in [1.29, 1.82) is 0 Å². The zero-order valence-corrected chi connectivity index (χ0v) is 14.2. The number of phenolic OH excluding ortho intramolecular Hbond substituents is 1. The molecule has 2 rings (SSSR count). The van der Waals surface area contributed by atoms with E-state index in [-0.39, 0.29) is 5.75 Å². The first-order chi connectivity index (χ1) is 9.85. The van der Waals surface area contributed by atoms with E-state index in [1.54, 1.807) is 12.1 Å². The molecule has 0 radical (unpaired) electrons. The zero-order valence-electron chi connectivity index (χ0n) is 13.5. The number of hydrogen-bond donors (Lipinski definition) is 2. The summed E-state index contributed by atoms with van der Waals surface area (Å²) in [6.45, 7) is 8.42. The zero-order chi connectivity index (χ0) is 16.0. The minimum atomic E-state index is 0.277. The van der Waals surface area contributed by atoms with Gasteiger partial charge in [-0.25, -0.2) is 0 Å². The number of halogens is 1. The number of rotatable bonds is 2. The van der Waals surface area contributed by atoms with Crippen molar-refractivity contribution in [2.24, 2.45) is 11.8 Å². The van der Waals surface area contributed by atoms with Crippen LogP contribution in [0.4, 0.5) is 0 Å². The van der Waals surface area contributed by atoms with Crippen molar-refractivity contribution >= 4 is 11.6 Å². The molecule has 2 atom stereocenters. The molecule has 0 amide bonds. The predicted molar refractivity (Wildman–Crippen MR) is 89.9 cm³/mol. The normalized spacial score (nSPS) is 19.3. The molecule has 2 N–H and O–H groups in total. The lowest BCUT2D eigenvalue weighted by molar-refractivity contribution is 0.180. The van der Waals surface area contributed by atoms with Crippen LogP contribution in [0.5, 0.6) is 5.75 Å². The van der Waals surface area contributed by atoms with E-state index in [2.05, 4.69) is 19.9 Å². The Kier molecular flexibility index (Phi) is 7.27. The first kappa shape index (κ1) is 18.1. The van der Waals surface area contributed by atoms with Crippen molar-refractivity contribution < 1.29 is 10.2 Å². The van der Waals surface area contributed by atoms with Crippen LogP contribution in [0.15, 0.2) is 23.8 Å². The first-order valence-corrected chi connectivity index (χ1v) is 7.95. The molecule has 1 aromatic carbocycles. The van der Waals surface area contributed by atoms with Gasteiger partial charge in [-0.3, -0.25) is 0 Å². The highest BCUT2D eigenvalue weighted by Gasteiger charge is 2.17. The molecule has 3 heteroatoms. The minimum absolute atomic E-state index is 0.277. The van der Waals surface area contributed by atoms with Crippen LogP contribution >= 0.6 is 11.6 Å². The van der Waals surface area contributed by atoms with E-state index in [1.807, 2.05) is 13.8 Å². The van der Waals surface area contributed by atoms with Crippen LogP contribution < -0.4 is 0 Å². The van der Waals surface area contributed by atoms with Crippen LogP contribution in [0.2, 0.25) is 5.02 Å². The van der Waals surface area contributed by atoms with E-state index in [0.717, 1.165) is 22.1 Å². The topological polar surface area (TPSA) is 40.5 Å². The third kappa shape index (κ3) is 5.72. The second-order valence-corrected chi connectivity index (χ2v) is 6.52. The summed E-state index contributed by atoms with van der Waals surface area (Å²) in [5.41, 5.74) is 3.35. The highest BCUT2D eigenvalue weighted by Crippen LogP contribution is 2.28. The molecule has 2 unspecified atom stereocenters. The molecule has 1 aromatic rings. The van der Waals surface area contributed by atoms with Gasteiger partial charge in [0.05, 0.1) is 0 Å². The van der Waals surface area contributed by atoms with Crippen LogP contribution in [0.3, 0.4) is 0 Å². The number of allylic oxidation sites excluding steroid dienone is 2. The Morgan fingerprint density at radius 2 is 1.81 bits per heavy atom. The second-order valence-electron chi connectivity index (χ2n) is 6.14. The third-order valence-electron chi connectivity index (χ3n) is 4.19. The Bertz CT molecular complexity index is 471. The van der Waals surface area contributed by atoms with Crippen molar-refractivity contribution in [3.8, 4) is 5.75 Å². The quantitative estimate of drug-likeness (QED) is 0.753. The summed E-state index contributed by atoms with van der Waals surface area (Å²) in [7, 11) is 0. The molecule has 118 valence electrons. The van der Waals surface area contributed by atoms with Crippen molar-refractivity contribution in [1.82, 2.24) is 0 Å². The fourth-order valence-electron chi connectivity index (χ4n) is 2.57. The Hall–Kier alpha value is -0.990. The van der Waals surface area contributed by atoms with E-state index in [4.69, 9.17) is 21.8 Å². The molecule has 21 heavy (non-hydrogen) atoms. The lowest BCUT2D eigenvalue weighted by Gasteiger charge is -2.24. The smallest absolute Gasteiger partial charge is 0.116 e. The Labute approximate surface area is 133 Å². The number of hydrogen-bond acceptors (Lipinski definition) is 2. The number of aliphatic hydroxyl groups is 1. The molecule has 0 saturated heterocycles. The van der Waals surface area contributed by atoms with Gasteiger partial charge >= 0.3 is 0 Å². The van der Waals surface area contributed by atoms with E-state index >= 15 is 0 Å². The van der Waals surface area contributed by atoms with Gasteiger partial charge in [-0.1, -0.05) is 30.2 Å². The summed E-state index contributed by atoms with van der Waals surface area (Å²) < 4.78 is 0. The molecule has 0 aliphatic heterocycles. The Morgan fingerprint density at radius 3 is 2.24 bits per heavy atom. The molecule has 0 bridgehead atoms. The van der Waals surface area contributed by atoms with Crippen molar-refractivity contribution in [2.45, 2.75) is 47.0 Å². The van der Waals surface area contributed by atoms with Crippen LogP contribution in [0.1, 0.15) is 44.2 Å². The van der Waals surface area contributed by atoms with Crippen molar-refractivity contribution in [3.63, 3.8) is 0 Å².